The molecule has 1 aliphatic heterocycles. The Morgan fingerprint density at radius 3 is 2.61 bits per heavy atom. The Balaban J connectivity index is 2.16. The van der Waals surface area contributed by atoms with E-state index in [4.69, 9.17) is 9.84 Å². The van der Waals surface area contributed by atoms with Crippen molar-refractivity contribution >= 4 is 11.0 Å². The lowest BCUT2D eigenvalue weighted by Crippen LogP contribution is -2.33. The molecule has 3 rings (SSSR count). The van der Waals surface area contributed by atoms with Gasteiger partial charge in [-0.25, -0.2) is 4.98 Å². The zero-order valence-corrected chi connectivity index (χ0v) is 12.6. The third-order valence-electron chi connectivity index (χ3n) is 4.38. The van der Waals surface area contributed by atoms with Crippen molar-refractivity contribution in [3.05, 3.63) is 39.1 Å². The Labute approximate surface area is 130 Å². The number of hydrogen-bond acceptors (Lipinski definition) is 6. The summed E-state index contributed by atoms with van der Waals surface area (Å²) < 4.78 is 19.1. The van der Waals surface area contributed by atoms with Gasteiger partial charge in [0.15, 0.2) is 0 Å². The second kappa shape index (κ2) is 5.64. The van der Waals surface area contributed by atoms with Crippen molar-refractivity contribution in [1.82, 2.24) is 9.97 Å². The van der Waals surface area contributed by atoms with Crippen molar-refractivity contribution in [1.29, 1.82) is 0 Å². The molecule has 2 aromatic rings. The van der Waals surface area contributed by atoms with Crippen LogP contribution in [0.25, 0.3) is 11.0 Å². The summed E-state index contributed by atoms with van der Waals surface area (Å²) in [5.41, 5.74) is 0.567. The number of nitrogens with one attached hydrogen (secondary N) is 1. The van der Waals surface area contributed by atoms with Gasteiger partial charge >= 0.3 is 0 Å². The molecule has 0 amide bonds. The molecule has 7 nitrogen and oxygen atoms in total. The van der Waals surface area contributed by atoms with Gasteiger partial charge in [-0.1, -0.05) is 0 Å². The average Bonchev–Trinajstić information content (AvgIpc) is 2.80. The molecule has 1 fully saturated rings. The van der Waals surface area contributed by atoms with E-state index in [1.165, 1.54) is 6.07 Å². The summed E-state index contributed by atoms with van der Waals surface area (Å²) in [6, 6.07) is 1.48. The summed E-state index contributed by atoms with van der Waals surface area (Å²) in [4.78, 5) is 18.4. The molecule has 124 valence electrons. The maximum absolute atomic E-state index is 13.7. The first-order valence-electron chi connectivity index (χ1n) is 7.17. The summed E-state index contributed by atoms with van der Waals surface area (Å²) in [5.74, 6) is -0.661. The van der Waals surface area contributed by atoms with Crippen molar-refractivity contribution in [2.24, 2.45) is 0 Å². The van der Waals surface area contributed by atoms with Gasteiger partial charge in [0.2, 0.25) is 5.95 Å². The summed E-state index contributed by atoms with van der Waals surface area (Å²) in [5, 5.41) is 29.5. The number of aryl methyl sites for hydroxylation is 1. The molecule has 1 aliphatic rings. The van der Waals surface area contributed by atoms with E-state index in [2.05, 4.69) is 9.97 Å². The summed E-state index contributed by atoms with van der Waals surface area (Å²) in [6.45, 7) is 2.79. The molecule has 0 bridgehead atoms. The molecule has 1 saturated heterocycles. The number of hydrogen-bond donors (Lipinski definition) is 4. The molecule has 0 radical (unpaired) electrons. The minimum absolute atomic E-state index is 0.0934. The number of aliphatic hydroxyl groups excluding tert-OH is 3. The molecule has 4 unspecified atom stereocenters. The fraction of sp³-hybridized carbons (Fsp3) is 0.467. The standard InChI is InChI=1S/C15H17FN2O5/c1-5-6(2)13(16)17-14-7(5)3-8(15(22)18-14)12-11(21)10(20)9(4-19)23-12/h3,9-12,19-21H,4H2,1-2H3,(H,17,18,22). The first kappa shape index (κ1) is 16.0. The van der Waals surface area contributed by atoms with Crippen LogP contribution in [0.1, 0.15) is 22.8 Å². The summed E-state index contributed by atoms with van der Waals surface area (Å²) >= 11 is 0. The third-order valence-corrected chi connectivity index (χ3v) is 4.38. The van der Waals surface area contributed by atoms with E-state index in [1.54, 1.807) is 13.8 Å². The molecule has 3 heterocycles. The SMILES string of the molecule is Cc1c(F)nc2[nH]c(=O)c(C3OC(CO)C(O)C3O)cc2c1C. The second-order valence-electron chi connectivity index (χ2n) is 5.73. The first-order valence-corrected chi connectivity index (χ1v) is 7.17. The number of aromatic amines is 1. The number of H-pyrrole nitrogens is 1. The maximum atomic E-state index is 13.7. The van der Waals surface area contributed by atoms with E-state index in [1.807, 2.05) is 0 Å². The van der Waals surface area contributed by atoms with Crippen molar-refractivity contribution < 1.29 is 24.4 Å². The molecule has 4 atom stereocenters. The summed E-state index contributed by atoms with van der Waals surface area (Å²) in [6.07, 6.45) is -4.70. The Morgan fingerprint density at radius 2 is 2.00 bits per heavy atom. The van der Waals surface area contributed by atoms with E-state index in [0.29, 0.717) is 16.5 Å². The van der Waals surface area contributed by atoms with Crippen LogP contribution in [0.3, 0.4) is 0 Å². The Morgan fingerprint density at radius 1 is 1.30 bits per heavy atom. The van der Waals surface area contributed by atoms with Gasteiger partial charge in [-0.05, 0) is 25.5 Å². The fourth-order valence-corrected chi connectivity index (χ4v) is 2.82. The topological polar surface area (TPSA) is 116 Å². The van der Waals surface area contributed by atoms with Gasteiger partial charge < -0.3 is 25.0 Å². The van der Waals surface area contributed by atoms with Gasteiger partial charge in [-0.3, -0.25) is 4.79 Å². The van der Waals surface area contributed by atoms with Crippen LogP contribution in [0.2, 0.25) is 0 Å². The molecule has 4 N–H and O–H groups in total. The van der Waals surface area contributed by atoms with Crippen LogP contribution in [-0.2, 0) is 4.74 Å². The normalized spacial score (nSPS) is 27.7. The fourth-order valence-electron chi connectivity index (χ4n) is 2.82. The molecule has 23 heavy (non-hydrogen) atoms. The van der Waals surface area contributed by atoms with Gasteiger partial charge in [0.05, 0.1) is 6.61 Å². The highest BCUT2D eigenvalue weighted by Crippen LogP contribution is 2.33. The number of fused-ring (bicyclic) bond motifs is 1. The van der Waals surface area contributed by atoms with Crippen molar-refractivity contribution in [2.75, 3.05) is 6.61 Å². The van der Waals surface area contributed by atoms with Crippen molar-refractivity contribution in [3.8, 4) is 0 Å². The number of pyridine rings is 2. The minimum atomic E-state index is -1.35. The quantitative estimate of drug-likeness (QED) is 0.570. The number of nitrogens with zero attached hydrogens (tertiary/aromatic N) is 1. The van der Waals surface area contributed by atoms with Gasteiger partial charge in [-0.2, -0.15) is 4.39 Å². The number of halogens is 1. The predicted octanol–water partition coefficient (Wildman–Crippen LogP) is -0.167. The lowest BCUT2D eigenvalue weighted by molar-refractivity contribution is -0.0231. The van der Waals surface area contributed by atoms with Gasteiger partial charge in [0.25, 0.3) is 5.56 Å². The Kier molecular flexibility index (Phi) is 3.93. The van der Waals surface area contributed by atoms with Crippen LogP contribution in [0.15, 0.2) is 10.9 Å². The van der Waals surface area contributed by atoms with Crippen LogP contribution < -0.4 is 5.56 Å². The molecule has 2 aromatic heterocycles. The minimum Gasteiger partial charge on any atom is -0.394 e. The zero-order chi connectivity index (χ0) is 16.9. The van der Waals surface area contributed by atoms with Crippen LogP contribution in [0, 0.1) is 19.8 Å². The summed E-state index contributed by atoms with van der Waals surface area (Å²) in [7, 11) is 0. The highest BCUT2D eigenvalue weighted by atomic mass is 19.1. The molecule has 0 spiro atoms. The van der Waals surface area contributed by atoms with E-state index in [-0.39, 0.29) is 11.2 Å². The van der Waals surface area contributed by atoms with Crippen LogP contribution >= 0.6 is 0 Å². The van der Waals surface area contributed by atoms with Crippen molar-refractivity contribution in [3.63, 3.8) is 0 Å². The Hall–Kier alpha value is -1.87. The average molecular weight is 324 g/mol. The van der Waals surface area contributed by atoms with Crippen molar-refractivity contribution in [2.45, 2.75) is 38.3 Å². The van der Waals surface area contributed by atoms with Gasteiger partial charge in [0, 0.05) is 16.5 Å². The zero-order valence-electron chi connectivity index (χ0n) is 12.6. The van der Waals surface area contributed by atoms with Crippen LogP contribution in [-0.4, -0.2) is 50.2 Å². The first-order chi connectivity index (χ1) is 10.8. The Bertz CT molecular complexity index is 822. The van der Waals surface area contributed by atoms with Gasteiger partial charge in [-0.15, -0.1) is 0 Å². The molecular formula is C15H17FN2O5. The van der Waals surface area contributed by atoms with E-state index < -0.39 is 42.5 Å². The van der Waals surface area contributed by atoms with E-state index >= 15 is 0 Å². The molecule has 0 saturated carbocycles. The van der Waals surface area contributed by atoms with Crippen LogP contribution in [0.4, 0.5) is 4.39 Å². The predicted molar refractivity (Wildman–Crippen MR) is 78.5 cm³/mol. The molecule has 0 aliphatic carbocycles. The monoisotopic (exact) mass is 324 g/mol. The number of rotatable bonds is 2. The third kappa shape index (κ3) is 2.43. The molecule has 8 heteroatoms. The number of aromatic nitrogens is 2. The molecule has 0 aromatic carbocycles. The van der Waals surface area contributed by atoms with E-state index in [0.717, 1.165) is 0 Å². The second-order valence-corrected chi connectivity index (χ2v) is 5.73. The number of aliphatic hydroxyl groups is 3. The lowest BCUT2D eigenvalue weighted by Gasteiger charge is -2.15. The highest BCUT2D eigenvalue weighted by Gasteiger charge is 2.44. The van der Waals surface area contributed by atoms with Gasteiger partial charge in [0.1, 0.15) is 30.1 Å². The molecular weight excluding hydrogens is 307 g/mol. The smallest absolute Gasteiger partial charge is 0.255 e. The lowest BCUT2D eigenvalue weighted by atomic mass is 10.00. The largest absolute Gasteiger partial charge is 0.394 e. The van der Waals surface area contributed by atoms with E-state index in [9.17, 15) is 19.4 Å². The number of ether oxygens (including phenoxy) is 1. The van der Waals surface area contributed by atoms with Crippen LogP contribution in [0.5, 0.6) is 0 Å². The highest BCUT2D eigenvalue weighted by molar-refractivity contribution is 5.80. The maximum Gasteiger partial charge on any atom is 0.255 e.